The summed E-state index contributed by atoms with van der Waals surface area (Å²) in [7, 11) is -8.24. The van der Waals surface area contributed by atoms with Gasteiger partial charge in [0.25, 0.3) is 10.0 Å². The highest BCUT2D eigenvalue weighted by molar-refractivity contribution is 7.92. The van der Waals surface area contributed by atoms with Crippen molar-refractivity contribution in [2.24, 2.45) is 16.5 Å². The second kappa shape index (κ2) is 12.0. The maximum absolute atomic E-state index is 12.9. The van der Waals surface area contributed by atoms with Crippen molar-refractivity contribution < 1.29 is 26.7 Å². The molecule has 15 heteroatoms. The van der Waals surface area contributed by atoms with Gasteiger partial charge in [0.2, 0.25) is 10.0 Å². The lowest BCUT2D eigenvalue weighted by molar-refractivity contribution is -0.137. The fraction of sp³-hybridized carbons (Fsp3) is 0.130. The molecule has 0 aliphatic heterocycles. The minimum Gasteiger partial charge on any atom is -0.481 e. The lowest BCUT2D eigenvalue weighted by atomic mass is 10.0. The van der Waals surface area contributed by atoms with Crippen LogP contribution in [-0.4, -0.2) is 33.9 Å². The van der Waals surface area contributed by atoms with Crippen molar-refractivity contribution in [2.45, 2.75) is 23.1 Å². The van der Waals surface area contributed by atoms with E-state index in [0.717, 1.165) is 0 Å². The van der Waals surface area contributed by atoms with Crippen molar-refractivity contribution in [3.63, 3.8) is 0 Å². The summed E-state index contributed by atoms with van der Waals surface area (Å²) in [5, 5.41) is 9.67. The van der Waals surface area contributed by atoms with E-state index >= 15 is 0 Å². The van der Waals surface area contributed by atoms with E-state index in [-0.39, 0.29) is 43.4 Å². The van der Waals surface area contributed by atoms with Crippen LogP contribution in [0.25, 0.3) is 0 Å². The van der Waals surface area contributed by atoms with Crippen LogP contribution in [0.1, 0.15) is 23.6 Å². The van der Waals surface area contributed by atoms with Gasteiger partial charge in [-0.2, -0.15) is 0 Å². The molecule has 0 bridgehead atoms. The Morgan fingerprint density at radius 2 is 1.58 bits per heavy atom. The number of rotatable bonds is 11. The van der Waals surface area contributed by atoms with E-state index in [2.05, 4.69) is 14.4 Å². The number of sulfonamides is 2. The fourth-order valence-electron chi connectivity index (χ4n) is 3.42. The topological polar surface area (TPSA) is 194 Å². The van der Waals surface area contributed by atoms with Crippen LogP contribution in [0.4, 0.5) is 11.4 Å². The third-order valence-corrected chi connectivity index (χ3v) is 8.42. The van der Waals surface area contributed by atoms with Crippen LogP contribution in [-0.2, 0) is 30.6 Å². The average Bonchev–Trinajstić information content (AvgIpc) is 2.80. The van der Waals surface area contributed by atoms with Gasteiger partial charge < -0.3 is 16.6 Å². The quantitative estimate of drug-likeness (QED) is 0.163. The van der Waals surface area contributed by atoms with Gasteiger partial charge in [-0.1, -0.05) is 47.5 Å². The highest BCUT2D eigenvalue weighted by Gasteiger charge is 2.25. The van der Waals surface area contributed by atoms with Crippen LogP contribution < -0.4 is 20.9 Å². The number of benzene rings is 3. The Labute approximate surface area is 229 Å². The second-order valence-electron chi connectivity index (χ2n) is 7.99. The van der Waals surface area contributed by atoms with Gasteiger partial charge in [-0.15, -0.1) is 0 Å². The summed E-state index contributed by atoms with van der Waals surface area (Å²) in [6.45, 7) is 0. The van der Waals surface area contributed by atoms with Gasteiger partial charge in [-0.05, 0) is 48.0 Å². The molecule has 1 unspecified atom stereocenters. The number of hydrogen-bond donors (Lipinski definition) is 5. The zero-order valence-electron chi connectivity index (χ0n) is 19.5. The van der Waals surface area contributed by atoms with E-state index in [1.165, 1.54) is 60.7 Å². The van der Waals surface area contributed by atoms with Gasteiger partial charge in [0.05, 0.1) is 28.8 Å². The molecular weight excluding hydrogens is 577 g/mol. The number of guanidine groups is 1. The molecule has 0 fully saturated rings. The third-order valence-electron chi connectivity index (χ3n) is 5.02. The normalized spacial score (nSPS) is 12.5. The number of carbonyl (C=O) groups is 1. The first-order valence-electron chi connectivity index (χ1n) is 10.7. The largest absolute Gasteiger partial charge is 0.481 e. The Balaban J connectivity index is 1.88. The second-order valence-corrected chi connectivity index (χ2v) is 12.2. The molecule has 0 radical (unpaired) electrons. The molecule has 11 nitrogen and oxygen atoms in total. The van der Waals surface area contributed by atoms with Gasteiger partial charge in [0.1, 0.15) is 0 Å². The molecule has 3 aromatic rings. The smallest absolute Gasteiger partial charge is 0.305 e. The van der Waals surface area contributed by atoms with Gasteiger partial charge >= 0.3 is 5.97 Å². The molecule has 202 valence electrons. The van der Waals surface area contributed by atoms with Crippen molar-refractivity contribution in [3.8, 4) is 0 Å². The molecule has 0 aromatic heterocycles. The number of aliphatic imine (C=N–C) groups is 1. The van der Waals surface area contributed by atoms with E-state index in [0.29, 0.717) is 0 Å². The number of nitrogens with one attached hydrogen (secondary N) is 2. The molecule has 0 heterocycles. The molecule has 3 aromatic carbocycles. The maximum atomic E-state index is 12.9. The van der Waals surface area contributed by atoms with Gasteiger partial charge in [0.15, 0.2) is 5.96 Å². The van der Waals surface area contributed by atoms with Crippen LogP contribution >= 0.6 is 23.2 Å². The zero-order valence-corrected chi connectivity index (χ0v) is 22.7. The van der Waals surface area contributed by atoms with E-state index in [1.807, 2.05) is 0 Å². The van der Waals surface area contributed by atoms with Gasteiger partial charge in [0, 0.05) is 21.3 Å². The van der Waals surface area contributed by atoms with Gasteiger partial charge in [-0.25, -0.2) is 26.6 Å². The van der Waals surface area contributed by atoms with Crippen molar-refractivity contribution in [1.82, 2.24) is 4.72 Å². The highest BCUT2D eigenvalue weighted by atomic mass is 35.5. The number of carboxylic acid groups (broad SMARTS) is 1. The van der Waals surface area contributed by atoms with Crippen LogP contribution in [0.2, 0.25) is 10.0 Å². The third kappa shape index (κ3) is 8.07. The first-order chi connectivity index (χ1) is 17.8. The number of nitrogens with zero attached hydrogens (tertiary/aromatic N) is 1. The zero-order chi connectivity index (χ0) is 28.1. The molecule has 0 saturated carbocycles. The van der Waals surface area contributed by atoms with Crippen molar-refractivity contribution in [2.75, 3.05) is 4.72 Å². The molecule has 3 rings (SSSR count). The first kappa shape index (κ1) is 29.2. The Morgan fingerprint density at radius 1 is 0.947 bits per heavy atom. The summed E-state index contributed by atoms with van der Waals surface area (Å²) >= 11 is 12.2. The summed E-state index contributed by atoms with van der Waals surface area (Å²) in [4.78, 5) is 15.2. The fourth-order valence-corrected chi connectivity index (χ4v) is 6.63. The first-order valence-corrected chi connectivity index (χ1v) is 14.6. The molecule has 38 heavy (non-hydrogen) atoms. The molecule has 0 aliphatic carbocycles. The number of carboxylic acids is 1. The number of nitrogens with two attached hydrogens (primary N) is 2. The molecule has 0 saturated heterocycles. The van der Waals surface area contributed by atoms with E-state index in [4.69, 9.17) is 34.7 Å². The van der Waals surface area contributed by atoms with Crippen molar-refractivity contribution in [1.29, 1.82) is 0 Å². The van der Waals surface area contributed by atoms with Gasteiger partial charge in [-0.3, -0.25) is 9.52 Å². The molecule has 0 aliphatic rings. The van der Waals surface area contributed by atoms with Crippen LogP contribution in [0.15, 0.2) is 76.6 Å². The SMILES string of the molecule is NC(N)=Nc1cccc(S(=O)(=O)Nc2cccc(C(CC(=O)O)NS(=O)(=O)Cc3c(Cl)cccc3Cl)c2)c1. The number of anilines is 1. The van der Waals surface area contributed by atoms with Crippen LogP contribution in [0, 0.1) is 0 Å². The average molecular weight is 601 g/mol. The summed E-state index contributed by atoms with van der Waals surface area (Å²) < 4.78 is 56.4. The van der Waals surface area contributed by atoms with Crippen molar-refractivity contribution >= 4 is 66.6 Å². The summed E-state index contributed by atoms with van der Waals surface area (Å²) in [5.41, 5.74) is 11.3. The standard InChI is InChI=1S/C23H23Cl2N5O6S2/c24-19-8-3-9-20(25)18(19)13-37(33,34)30-21(12-22(31)32)14-4-1-6-16(10-14)29-38(35,36)17-7-2-5-15(11-17)28-23(26)27/h1-11,21,29-30H,12-13H2,(H,31,32)(H4,26,27,28). The summed E-state index contributed by atoms with van der Waals surface area (Å²) in [6.07, 6.45) is -0.619. The molecule has 7 N–H and O–H groups in total. The van der Waals surface area contributed by atoms with E-state index in [9.17, 15) is 26.7 Å². The van der Waals surface area contributed by atoms with E-state index < -0.39 is 44.2 Å². The molecule has 0 amide bonds. The lowest BCUT2D eigenvalue weighted by Crippen LogP contribution is -2.31. The lowest BCUT2D eigenvalue weighted by Gasteiger charge is -2.19. The number of halogens is 2. The summed E-state index contributed by atoms with van der Waals surface area (Å²) in [5.74, 6) is -2.12. The minimum atomic E-state index is -4.13. The summed E-state index contributed by atoms with van der Waals surface area (Å²) in [6, 6.07) is 14.5. The maximum Gasteiger partial charge on any atom is 0.305 e. The minimum absolute atomic E-state index is 0.0680. The van der Waals surface area contributed by atoms with Crippen molar-refractivity contribution in [3.05, 3.63) is 87.9 Å². The highest BCUT2D eigenvalue weighted by Crippen LogP contribution is 2.28. The number of aliphatic carboxylic acids is 1. The molecular formula is C23H23Cl2N5O6S2. The van der Waals surface area contributed by atoms with E-state index in [1.54, 1.807) is 6.07 Å². The number of hydrogen-bond acceptors (Lipinski definition) is 6. The predicted molar refractivity (Wildman–Crippen MR) is 146 cm³/mol. The Morgan fingerprint density at radius 3 is 2.21 bits per heavy atom. The Hall–Kier alpha value is -3.36. The monoisotopic (exact) mass is 599 g/mol. The molecule has 1 atom stereocenters. The Bertz CT molecular complexity index is 1570. The predicted octanol–water partition coefficient (Wildman–Crippen LogP) is 3.33. The molecule has 0 spiro atoms. The van der Waals surface area contributed by atoms with Crippen LogP contribution in [0.5, 0.6) is 0 Å². The van der Waals surface area contributed by atoms with Crippen LogP contribution in [0.3, 0.4) is 0 Å². The Kier molecular flexibility index (Phi) is 9.22.